The van der Waals surface area contributed by atoms with Gasteiger partial charge in [0.1, 0.15) is 0 Å². The second-order valence-corrected chi connectivity index (χ2v) is 4.51. The SMILES string of the molecule is NCc1csc(-c2cccc(C(F)(F)F)c2)c1. The molecule has 0 bridgehead atoms. The standard InChI is InChI=1S/C12H10F3NS/c13-12(14,15)10-3-1-2-9(5-10)11-4-8(6-16)7-17-11/h1-5,7H,6,16H2. The van der Waals surface area contributed by atoms with Crippen LogP contribution in [0.5, 0.6) is 0 Å². The van der Waals surface area contributed by atoms with Gasteiger partial charge >= 0.3 is 6.18 Å². The minimum Gasteiger partial charge on any atom is -0.326 e. The van der Waals surface area contributed by atoms with Gasteiger partial charge in [-0.05, 0) is 34.7 Å². The van der Waals surface area contributed by atoms with Crippen LogP contribution < -0.4 is 5.73 Å². The number of rotatable bonds is 2. The summed E-state index contributed by atoms with van der Waals surface area (Å²) in [6, 6.07) is 7.13. The van der Waals surface area contributed by atoms with Crippen LogP contribution in [0.25, 0.3) is 10.4 Å². The highest BCUT2D eigenvalue weighted by Crippen LogP contribution is 2.34. The monoisotopic (exact) mass is 257 g/mol. The minimum atomic E-state index is -4.30. The summed E-state index contributed by atoms with van der Waals surface area (Å²) >= 11 is 1.40. The van der Waals surface area contributed by atoms with E-state index in [1.807, 2.05) is 11.4 Å². The van der Waals surface area contributed by atoms with Crippen molar-refractivity contribution >= 4 is 11.3 Å². The molecule has 1 nitrogen and oxygen atoms in total. The Balaban J connectivity index is 2.39. The molecule has 2 N–H and O–H groups in total. The molecule has 1 heterocycles. The molecule has 0 saturated heterocycles. The van der Waals surface area contributed by atoms with Crippen molar-refractivity contribution in [3.05, 3.63) is 46.8 Å². The number of thiophene rings is 1. The molecule has 1 aromatic heterocycles. The molecule has 2 rings (SSSR count). The van der Waals surface area contributed by atoms with E-state index in [2.05, 4.69) is 0 Å². The quantitative estimate of drug-likeness (QED) is 0.867. The van der Waals surface area contributed by atoms with Gasteiger partial charge in [0.25, 0.3) is 0 Å². The maximum Gasteiger partial charge on any atom is 0.416 e. The third-order valence-electron chi connectivity index (χ3n) is 2.36. The largest absolute Gasteiger partial charge is 0.416 e. The maximum atomic E-state index is 12.5. The molecule has 0 unspecified atom stereocenters. The first-order valence-corrected chi connectivity index (χ1v) is 5.84. The average Bonchev–Trinajstić information content (AvgIpc) is 2.76. The Morgan fingerprint density at radius 3 is 2.53 bits per heavy atom. The number of benzene rings is 1. The maximum absolute atomic E-state index is 12.5. The minimum absolute atomic E-state index is 0.398. The third-order valence-corrected chi connectivity index (χ3v) is 3.39. The fourth-order valence-electron chi connectivity index (χ4n) is 1.48. The lowest BCUT2D eigenvalue weighted by atomic mass is 10.1. The van der Waals surface area contributed by atoms with Crippen LogP contribution in [0.3, 0.4) is 0 Å². The zero-order chi connectivity index (χ0) is 12.5. The van der Waals surface area contributed by atoms with Crippen LogP contribution in [0.1, 0.15) is 11.1 Å². The predicted octanol–water partition coefficient (Wildman–Crippen LogP) is 3.89. The molecule has 0 aliphatic rings. The van der Waals surface area contributed by atoms with E-state index >= 15 is 0 Å². The second kappa shape index (κ2) is 4.50. The Hall–Kier alpha value is -1.33. The highest BCUT2D eigenvalue weighted by molar-refractivity contribution is 7.13. The molecule has 90 valence electrons. The van der Waals surface area contributed by atoms with Crippen LogP contribution in [0.2, 0.25) is 0 Å². The summed E-state index contributed by atoms with van der Waals surface area (Å²) in [5.41, 5.74) is 6.35. The average molecular weight is 257 g/mol. The van der Waals surface area contributed by atoms with Crippen molar-refractivity contribution in [3.8, 4) is 10.4 Å². The van der Waals surface area contributed by atoms with E-state index in [1.165, 1.54) is 17.4 Å². The van der Waals surface area contributed by atoms with Gasteiger partial charge in [-0.25, -0.2) is 0 Å². The summed E-state index contributed by atoms with van der Waals surface area (Å²) in [7, 11) is 0. The van der Waals surface area contributed by atoms with Crippen LogP contribution in [0, 0.1) is 0 Å². The highest BCUT2D eigenvalue weighted by atomic mass is 32.1. The molecule has 0 spiro atoms. The van der Waals surface area contributed by atoms with Gasteiger partial charge in [-0.3, -0.25) is 0 Å². The first-order valence-electron chi connectivity index (χ1n) is 4.96. The van der Waals surface area contributed by atoms with E-state index in [4.69, 9.17) is 5.73 Å². The molecule has 0 aliphatic heterocycles. The first kappa shape index (κ1) is 12.1. The van der Waals surface area contributed by atoms with E-state index in [0.717, 1.165) is 22.6 Å². The normalized spacial score (nSPS) is 11.8. The van der Waals surface area contributed by atoms with Gasteiger partial charge < -0.3 is 5.73 Å². The van der Waals surface area contributed by atoms with Gasteiger partial charge in [0.2, 0.25) is 0 Å². The van der Waals surface area contributed by atoms with Gasteiger partial charge in [0.15, 0.2) is 0 Å². The molecule has 1 aromatic carbocycles. The van der Waals surface area contributed by atoms with Crippen molar-refractivity contribution in [2.24, 2.45) is 5.73 Å². The Morgan fingerprint density at radius 1 is 1.18 bits per heavy atom. The van der Waals surface area contributed by atoms with Crippen molar-refractivity contribution < 1.29 is 13.2 Å². The topological polar surface area (TPSA) is 26.0 Å². The molecular formula is C12H10F3NS. The van der Waals surface area contributed by atoms with E-state index in [9.17, 15) is 13.2 Å². The predicted molar refractivity (Wildman–Crippen MR) is 62.6 cm³/mol. The van der Waals surface area contributed by atoms with E-state index in [-0.39, 0.29) is 0 Å². The van der Waals surface area contributed by atoms with E-state index < -0.39 is 11.7 Å². The van der Waals surface area contributed by atoms with Gasteiger partial charge in [0, 0.05) is 11.4 Å². The van der Waals surface area contributed by atoms with Crippen molar-refractivity contribution in [1.29, 1.82) is 0 Å². The Kier molecular flexibility index (Phi) is 3.22. The molecule has 0 aliphatic carbocycles. The van der Waals surface area contributed by atoms with Crippen LogP contribution >= 0.6 is 11.3 Å². The van der Waals surface area contributed by atoms with E-state index in [0.29, 0.717) is 12.1 Å². The molecule has 17 heavy (non-hydrogen) atoms. The smallest absolute Gasteiger partial charge is 0.326 e. The molecule has 0 radical (unpaired) electrons. The fraction of sp³-hybridized carbons (Fsp3) is 0.167. The Bertz CT molecular complexity index is 516. The molecular weight excluding hydrogens is 247 g/mol. The van der Waals surface area contributed by atoms with Gasteiger partial charge in [-0.2, -0.15) is 13.2 Å². The third kappa shape index (κ3) is 2.68. The summed E-state index contributed by atoms with van der Waals surface area (Å²) in [6.45, 7) is 0.398. The fourth-order valence-corrected chi connectivity index (χ4v) is 2.41. The van der Waals surface area contributed by atoms with Crippen molar-refractivity contribution in [2.45, 2.75) is 12.7 Å². The molecule has 0 fully saturated rings. The number of nitrogens with two attached hydrogens (primary N) is 1. The zero-order valence-electron chi connectivity index (χ0n) is 8.79. The highest BCUT2D eigenvalue weighted by Gasteiger charge is 2.30. The molecule has 0 amide bonds. The summed E-state index contributed by atoms with van der Waals surface area (Å²) in [4.78, 5) is 0.802. The number of halogens is 3. The van der Waals surface area contributed by atoms with Gasteiger partial charge in [0.05, 0.1) is 5.56 Å². The summed E-state index contributed by atoms with van der Waals surface area (Å²) in [5.74, 6) is 0. The first-order chi connectivity index (χ1) is 8.00. The summed E-state index contributed by atoms with van der Waals surface area (Å²) < 4.78 is 37.6. The van der Waals surface area contributed by atoms with Crippen molar-refractivity contribution in [2.75, 3.05) is 0 Å². The lowest BCUT2D eigenvalue weighted by Crippen LogP contribution is -2.04. The van der Waals surface area contributed by atoms with E-state index in [1.54, 1.807) is 6.07 Å². The Morgan fingerprint density at radius 2 is 1.94 bits per heavy atom. The number of hydrogen-bond donors (Lipinski definition) is 1. The molecule has 2 aromatic rings. The van der Waals surface area contributed by atoms with Crippen molar-refractivity contribution in [3.63, 3.8) is 0 Å². The number of alkyl halides is 3. The van der Waals surface area contributed by atoms with Crippen LogP contribution in [-0.4, -0.2) is 0 Å². The van der Waals surface area contributed by atoms with Crippen LogP contribution in [0.4, 0.5) is 13.2 Å². The lowest BCUT2D eigenvalue weighted by molar-refractivity contribution is -0.137. The molecule has 5 heteroatoms. The second-order valence-electron chi connectivity index (χ2n) is 3.60. The molecule has 0 saturated carbocycles. The zero-order valence-corrected chi connectivity index (χ0v) is 9.61. The van der Waals surface area contributed by atoms with Gasteiger partial charge in [-0.15, -0.1) is 11.3 Å². The molecule has 0 atom stereocenters. The number of hydrogen-bond acceptors (Lipinski definition) is 2. The van der Waals surface area contributed by atoms with Gasteiger partial charge in [-0.1, -0.05) is 12.1 Å². The van der Waals surface area contributed by atoms with Crippen molar-refractivity contribution in [1.82, 2.24) is 0 Å². The van der Waals surface area contributed by atoms with Crippen LogP contribution in [0.15, 0.2) is 35.7 Å². The lowest BCUT2D eigenvalue weighted by Gasteiger charge is -2.07. The Labute approximate surface area is 101 Å². The van der Waals surface area contributed by atoms with Crippen LogP contribution in [-0.2, 0) is 12.7 Å². The summed E-state index contributed by atoms with van der Waals surface area (Å²) in [5, 5.41) is 1.86. The summed E-state index contributed by atoms with van der Waals surface area (Å²) in [6.07, 6.45) is -4.30.